The monoisotopic (exact) mass is 349 g/mol. The van der Waals surface area contributed by atoms with Gasteiger partial charge in [-0.1, -0.05) is 17.2 Å². The maximum atomic E-state index is 12.3. The molecule has 0 aliphatic heterocycles. The van der Waals surface area contributed by atoms with Crippen LogP contribution in [0, 0.1) is 0 Å². The van der Waals surface area contributed by atoms with Crippen molar-refractivity contribution in [3.8, 4) is 17.0 Å². The molecular formula is C15H16N7NaO2. The number of pyridine rings is 1. The van der Waals surface area contributed by atoms with Crippen molar-refractivity contribution in [3.05, 3.63) is 42.1 Å². The third kappa shape index (κ3) is 4.75. The quantitative estimate of drug-likeness (QED) is 0.382. The second-order valence-electron chi connectivity index (χ2n) is 4.82. The molecule has 4 N–H and O–H groups in total. The average Bonchev–Trinajstić information content (AvgIpc) is 3.08. The third-order valence-corrected chi connectivity index (χ3v) is 3.12. The first-order valence-corrected chi connectivity index (χ1v) is 7.21. The maximum Gasteiger partial charge on any atom is 1.00 e. The summed E-state index contributed by atoms with van der Waals surface area (Å²) in [6, 6.07) is 10.5. The number of ether oxygens (including phenoxy) is 1. The number of nitrogens with two attached hydrogens (primary N) is 1. The molecule has 2 heterocycles. The van der Waals surface area contributed by atoms with E-state index in [0.717, 1.165) is 5.56 Å². The number of anilines is 2. The summed E-state index contributed by atoms with van der Waals surface area (Å²) in [6.07, 6.45) is 0. The van der Waals surface area contributed by atoms with E-state index in [2.05, 4.69) is 30.9 Å². The van der Waals surface area contributed by atoms with Gasteiger partial charge in [0.25, 0.3) is 11.9 Å². The van der Waals surface area contributed by atoms with E-state index in [0.29, 0.717) is 23.7 Å². The molecule has 0 saturated carbocycles. The minimum atomic E-state index is -0.463. The van der Waals surface area contributed by atoms with Crippen molar-refractivity contribution in [2.24, 2.45) is 0 Å². The van der Waals surface area contributed by atoms with Gasteiger partial charge in [0.05, 0.1) is 12.3 Å². The molecule has 9 nitrogen and oxygen atoms in total. The van der Waals surface area contributed by atoms with Crippen LogP contribution >= 0.6 is 0 Å². The summed E-state index contributed by atoms with van der Waals surface area (Å²) >= 11 is 0. The number of amides is 1. The molecule has 10 heteroatoms. The topological polar surface area (TPSA) is 132 Å². The molecule has 0 saturated heterocycles. The normalized spacial score (nSPS) is 9.96. The van der Waals surface area contributed by atoms with Crippen LogP contribution in [0.2, 0.25) is 0 Å². The molecule has 0 aliphatic rings. The number of H-pyrrole nitrogens is 1. The fraction of sp³-hybridized carbons (Fsp3) is 0.133. The smallest absolute Gasteiger partial charge is 1.00 e. The Kier molecular flexibility index (Phi) is 6.45. The van der Waals surface area contributed by atoms with Crippen molar-refractivity contribution in [1.29, 1.82) is 0 Å². The zero-order chi connectivity index (χ0) is 16.9. The van der Waals surface area contributed by atoms with Gasteiger partial charge in [0.2, 0.25) is 0 Å². The van der Waals surface area contributed by atoms with Crippen LogP contribution in [0.5, 0.6) is 5.75 Å². The zero-order valence-electron chi connectivity index (χ0n) is 14.9. The number of tetrazole rings is 1. The van der Waals surface area contributed by atoms with E-state index >= 15 is 0 Å². The minimum absolute atomic E-state index is 0. The molecule has 3 rings (SSSR count). The Bertz CT molecular complexity index is 844. The van der Waals surface area contributed by atoms with E-state index in [1.165, 1.54) is 0 Å². The molecule has 0 fully saturated rings. The molecule has 0 radical (unpaired) electrons. The van der Waals surface area contributed by atoms with Crippen molar-refractivity contribution in [3.63, 3.8) is 0 Å². The summed E-state index contributed by atoms with van der Waals surface area (Å²) < 4.78 is 5.52. The van der Waals surface area contributed by atoms with E-state index in [-0.39, 0.29) is 42.6 Å². The number of nitrogens with zero attached hydrogens (tertiary/aromatic N) is 4. The molecule has 1 amide bonds. The molecule has 0 atom stereocenters. The number of carbonyl (C=O) groups is 1. The molecule has 124 valence electrons. The third-order valence-electron chi connectivity index (χ3n) is 3.12. The molecule has 25 heavy (non-hydrogen) atoms. The van der Waals surface area contributed by atoms with E-state index in [1.54, 1.807) is 24.3 Å². The summed E-state index contributed by atoms with van der Waals surface area (Å²) in [5, 5.41) is 15.5. The van der Waals surface area contributed by atoms with Gasteiger partial charge >= 0.3 is 29.6 Å². The Hall–Kier alpha value is -2.49. The zero-order valence-corrected chi connectivity index (χ0v) is 15.9. The number of benzene rings is 1. The van der Waals surface area contributed by atoms with E-state index < -0.39 is 5.91 Å². The fourth-order valence-electron chi connectivity index (χ4n) is 2.05. The number of aromatic nitrogens is 5. The van der Waals surface area contributed by atoms with Gasteiger partial charge in [-0.3, -0.25) is 10.1 Å². The van der Waals surface area contributed by atoms with Gasteiger partial charge in [-0.2, -0.15) is 5.21 Å². The van der Waals surface area contributed by atoms with Crippen LogP contribution in [0.1, 0.15) is 18.8 Å². The second kappa shape index (κ2) is 8.56. The Balaban J connectivity index is 0.00000169. The molecule has 3 aromatic rings. The van der Waals surface area contributed by atoms with E-state index in [1.807, 2.05) is 19.1 Å². The van der Waals surface area contributed by atoms with Crippen LogP contribution in [0.3, 0.4) is 0 Å². The molecule has 0 unspecified atom stereocenters. The first-order valence-electron chi connectivity index (χ1n) is 7.21. The largest absolute Gasteiger partial charge is 1.00 e. The second-order valence-corrected chi connectivity index (χ2v) is 4.82. The number of carbonyl (C=O) groups excluding carboxylic acids is 1. The summed E-state index contributed by atoms with van der Waals surface area (Å²) in [6.45, 7) is 2.33. The van der Waals surface area contributed by atoms with Gasteiger partial charge in [0, 0.05) is 23.4 Å². The van der Waals surface area contributed by atoms with Crippen molar-refractivity contribution in [2.75, 3.05) is 17.7 Å². The SMILES string of the molecule is CCOc1cc(C(=O)Nc2nn[nH]n2)nc(-c2ccc(N)cc2)c1.[H-].[Na+]. The predicted octanol–water partition coefficient (Wildman–Crippen LogP) is -1.39. The Morgan fingerprint density at radius 3 is 2.72 bits per heavy atom. The Morgan fingerprint density at radius 2 is 2.08 bits per heavy atom. The Morgan fingerprint density at radius 1 is 1.32 bits per heavy atom. The summed E-state index contributed by atoms with van der Waals surface area (Å²) in [5.41, 5.74) is 7.95. The van der Waals surface area contributed by atoms with Crippen LogP contribution < -0.4 is 45.3 Å². The van der Waals surface area contributed by atoms with Gasteiger partial charge in [0.1, 0.15) is 11.4 Å². The fourth-order valence-corrected chi connectivity index (χ4v) is 2.05. The van der Waals surface area contributed by atoms with Crippen LogP contribution in [-0.4, -0.2) is 38.1 Å². The van der Waals surface area contributed by atoms with Crippen molar-refractivity contribution >= 4 is 17.5 Å². The molecule has 0 bridgehead atoms. The molecule has 0 spiro atoms. The van der Waals surface area contributed by atoms with Gasteiger partial charge in [-0.05, 0) is 24.3 Å². The van der Waals surface area contributed by atoms with Crippen molar-refractivity contribution in [1.82, 2.24) is 25.6 Å². The van der Waals surface area contributed by atoms with Crippen LogP contribution in [0.4, 0.5) is 11.6 Å². The van der Waals surface area contributed by atoms with Gasteiger partial charge in [-0.15, -0.1) is 5.10 Å². The van der Waals surface area contributed by atoms with Gasteiger partial charge in [-0.25, -0.2) is 4.98 Å². The number of aromatic amines is 1. The summed E-state index contributed by atoms with van der Waals surface area (Å²) in [4.78, 5) is 16.7. The number of nitrogen functional groups attached to an aromatic ring is 1. The minimum Gasteiger partial charge on any atom is -1.00 e. The molecular weight excluding hydrogens is 333 g/mol. The summed E-state index contributed by atoms with van der Waals surface area (Å²) in [5.74, 6) is 0.143. The van der Waals surface area contributed by atoms with Crippen LogP contribution in [-0.2, 0) is 0 Å². The first kappa shape index (κ1) is 18.8. The Labute approximate surface area is 167 Å². The van der Waals surface area contributed by atoms with Gasteiger partial charge < -0.3 is 11.9 Å². The maximum absolute atomic E-state index is 12.3. The molecule has 2 aromatic heterocycles. The first-order chi connectivity index (χ1) is 11.7. The number of rotatable bonds is 5. The number of hydrogen-bond donors (Lipinski definition) is 3. The van der Waals surface area contributed by atoms with Crippen LogP contribution in [0.25, 0.3) is 11.3 Å². The van der Waals surface area contributed by atoms with Crippen LogP contribution in [0.15, 0.2) is 36.4 Å². The number of nitrogens with one attached hydrogen (secondary N) is 2. The van der Waals surface area contributed by atoms with Gasteiger partial charge in [0.15, 0.2) is 0 Å². The van der Waals surface area contributed by atoms with E-state index in [4.69, 9.17) is 10.5 Å². The van der Waals surface area contributed by atoms with Crippen molar-refractivity contribution in [2.45, 2.75) is 6.92 Å². The van der Waals surface area contributed by atoms with E-state index in [9.17, 15) is 4.79 Å². The molecule has 1 aromatic carbocycles. The molecule has 0 aliphatic carbocycles. The number of hydrogen-bond acceptors (Lipinski definition) is 7. The average molecular weight is 349 g/mol. The predicted molar refractivity (Wildman–Crippen MR) is 88.5 cm³/mol. The van der Waals surface area contributed by atoms with Crippen molar-refractivity contribution < 1.29 is 40.5 Å². The standard InChI is InChI=1S/C15H15N7O2.Na.H/c1-2-24-11-7-12(9-3-5-10(16)6-4-9)17-13(8-11)14(23)18-15-19-21-22-20-15;;/h3-8H,2,16H2,1H3,(H2,18,19,20,21,22,23);;/q;+1;-1. The summed E-state index contributed by atoms with van der Waals surface area (Å²) in [7, 11) is 0.